The fraction of sp³-hybridized carbons (Fsp3) is 0.455. The third-order valence-electron chi connectivity index (χ3n) is 3.41. The monoisotopic (exact) mass is 274 g/mol. The van der Waals surface area contributed by atoms with E-state index in [0.29, 0.717) is 12.2 Å². The van der Waals surface area contributed by atoms with Crippen molar-refractivity contribution in [2.24, 2.45) is 0 Å². The second kappa shape index (κ2) is 3.81. The second-order valence-corrected chi connectivity index (χ2v) is 6.83. The lowest BCUT2D eigenvalue weighted by Crippen LogP contribution is -2.54. The highest BCUT2D eigenvalue weighted by Crippen LogP contribution is 2.36. The van der Waals surface area contributed by atoms with Gasteiger partial charge in [-0.2, -0.15) is 0 Å². The molecule has 2 aliphatic rings. The predicted molar refractivity (Wildman–Crippen MR) is 64.6 cm³/mol. The first-order chi connectivity index (χ1) is 8.48. The molecule has 7 heteroatoms. The number of sulfone groups is 1. The highest BCUT2D eigenvalue weighted by atomic mass is 32.2. The third kappa shape index (κ3) is 1.73. The normalized spacial score (nSPS) is 25.0. The summed E-state index contributed by atoms with van der Waals surface area (Å²) in [6, 6.07) is 2.22. The summed E-state index contributed by atoms with van der Waals surface area (Å²) in [5, 5.41) is 2.95. The van der Waals surface area contributed by atoms with Crippen LogP contribution in [-0.2, 0) is 9.84 Å². The summed E-state index contributed by atoms with van der Waals surface area (Å²) in [6.45, 7) is 0.638. The lowest BCUT2D eigenvalue weighted by molar-refractivity contribution is 0.496. The maximum atomic E-state index is 13.8. The molecular formula is C11H12F2N2O2S. The lowest BCUT2D eigenvalue weighted by atomic mass is 10.1. The van der Waals surface area contributed by atoms with Gasteiger partial charge < -0.3 is 10.2 Å². The van der Waals surface area contributed by atoms with Crippen LogP contribution >= 0.6 is 0 Å². The van der Waals surface area contributed by atoms with Crippen LogP contribution in [0.1, 0.15) is 0 Å². The largest absolute Gasteiger partial charge is 0.381 e. The third-order valence-corrected chi connectivity index (χ3v) is 5.11. The van der Waals surface area contributed by atoms with E-state index in [9.17, 15) is 17.2 Å². The van der Waals surface area contributed by atoms with Gasteiger partial charge in [-0.05, 0) is 12.1 Å². The molecule has 0 spiro atoms. The molecule has 1 unspecified atom stereocenters. The van der Waals surface area contributed by atoms with E-state index in [1.165, 1.54) is 6.07 Å². The molecule has 98 valence electrons. The summed E-state index contributed by atoms with van der Waals surface area (Å²) >= 11 is 0. The van der Waals surface area contributed by atoms with Crippen molar-refractivity contribution in [3.63, 3.8) is 0 Å². The van der Waals surface area contributed by atoms with Crippen molar-refractivity contribution in [2.45, 2.75) is 6.04 Å². The molecule has 0 radical (unpaired) electrons. The molecular weight excluding hydrogens is 262 g/mol. The predicted octanol–water partition coefficient (Wildman–Crippen LogP) is 0.994. The van der Waals surface area contributed by atoms with Crippen LogP contribution in [0.15, 0.2) is 12.1 Å². The first-order valence-corrected chi connectivity index (χ1v) is 7.49. The summed E-state index contributed by atoms with van der Waals surface area (Å²) in [4.78, 5) is 1.66. The molecule has 0 aromatic heterocycles. The van der Waals surface area contributed by atoms with E-state index < -0.39 is 21.5 Å². The van der Waals surface area contributed by atoms with Crippen molar-refractivity contribution in [2.75, 3.05) is 34.8 Å². The van der Waals surface area contributed by atoms with Gasteiger partial charge in [0.25, 0.3) is 0 Å². The molecule has 1 aromatic carbocycles. The van der Waals surface area contributed by atoms with Crippen molar-refractivity contribution < 1.29 is 17.2 Å². The zero-order valence-electron chi connectivity index (χ0n) is 9.49. The molecule has 0 amide bonds. The first kappa shape index (κ1) is 11.7. The zero-order chi connectivity index (χ0) is 12.9. The number of nitrogens with one attached hydrogen (secondary N) is 1. The van der Waals surface area contributed by atoms with Gasteiger partial charge >= 0.3 is 0 Å². The van der Waals surface area contributed by atoms with Crippen molar-refractivity contribution in [3.8, 4) is 0 Å². The molecule has 18 heavy (non-hydrogen) atoms. The smallest absolute Gasteiger partial charge is 0.184 e. The Morgan fingerprint density at radius 3 is 2.89 bits per heavy atom. The van der Waals surface area contributed by atoms with Gasteiger partial charge in [-0.3, -0.25) is 0 Å². The number of halogens is 2. The second-order valence-electron chi connectivity index (χ2n) is 4.60. The fourth-order valence-corrected chi connectivity index (χ4v) is 4.07. The average Bonchev–Trinajstić information content (AvgIpc) is 2.32. The van der Waals surface area contributed by atoms with Crippen molar-refractivity contribution in [1.29, 1.82) is 0 Å². The maximum Gasteiger partial charge on any atom is 0.184 e. The minimum absolute atomic E-state index is 0.0150. The molecule has 3 rings (SSSR count). The number of anilines is 2. The van der Waals surface area contributed by atoms with Gasteiger partial charge in [-0.25, -0.2) is 17.2 Å². The maximum absolute atomic E-state index is 13.8. The number of benzene rings is 1. The van der Waals surface area contributed by atoms with E-state index in [1.54, 1.807) is 4.90 Å². The highest BCUT2D eigenvalue weighted by molar-refractivity contribution is 7.91. The lowest BCUT2D eigenvalue weighted by Gasteiger charge is -2.42. The molecule has 0 aliphatic carbocycles. The zero-order valence-corrected chi connectivity index (χ0v) is 10.3. The summed E-state index contributed by atoms with van der Waals surface area (Å²) in [7, 11) is -3.08. The van der Waals surface area contributed by atoms with Crippen LogP contribution in [0.25, 0.3) is 0 Å². The number of hydrogen-bond acceptors (Lipinski definition) is 4. The summed E-state index contributed by atoms with van der Waals surface area (Å²) < 4.78 is 50.2. The van der Waals surface area contributed by atoms with E-state index in [1.807, 2.05) is 0 Å². The Bertz CT molecular complexity index is 603. The van der Waals surface area contributed by atoms with Gasteiger partial charge in [0, 0.05) is 13.1 Å². The Morgan fingerprint density at radius 2 is 2.11 bits per heavy atom. The Morgan fingerprint density at radius 1 is 1.33 bits per heavy atom. The highest BCUT2D eigenvalue weighted by Gasteiger charge is 2.36. The van der Waals surface area contributed by atoms with Crippen LogP contribution < -0.4 is 10.2 Å². The minimum Gasteiger partial charge on any atom is -0.381 e. The Hall–Kier alpha value is -1.37. The summed E-state index contributed by atoms with van der Waals surface area (Å²) in [5.41, 5.74) is 0.672. The van der Waals surface area contributed by atoms with Crippen LogP contribution in [0.3, 0.4) is 0 Å². The van der Waals surface area contributed by atoms with Crippen LogP contribution in [0.4, 0.5) is 20.2 Å². The van der Waals surface area contributed by atoms with E-state index in [2.05, 4.69) is 5.32 Å². The Labute approximate surface area is 104 Å². The average molecular weight is 274 g/mol. The number of nitrogens with zero attached hydrogens (tertiary/aromatic N) is 1. The van der Waals surface area contributed by atoms with Gasteiger partial charge in [0.1, 0.15) is 0 Å². The van der Waals surface area contributed by atoms with E-state index in [-0.39, 0.29) is 29.8 Å². The number of hydrogen-bond donors (Lipinski definition) is 1. The Balaban J connectivity index is 2.06. The molecule has 1 aromatic rings. The van der Waals surface area contributed by atoms with Gasteiger partial charge in [0.05, 0.1) is 28.9 Å². The van der Waals surface area contributed by atoms with Crippen molar-refractivity contribution in [3.05, 3.63) is 23.8 Å². The molecule has 1 N–H and O–H groups in total. The molecule has 2 heterocycles. The molecule has 1 fully saturated rings. The van der Waals surface area contributed by atoms with Crippen LogP contribution in [0.5, 0.6) is 0 Å². The van der Waals surface area contributed by atoms with Gasteiger partial charge in [0.2, 0.25) is 0 Å². The Kier molecular flexibility index (Phi) is 2.48. The standard InChI is InChI=1S/C11H12F2N2O2S/c12-8-1-2-9-11(10(8)13)15-3-4-18(16,17)6-7(15)5-14-9/h1-2,7,14H,3-6H2. The fourth-order valence-electron chi connectivity index (χ4n) is 2.54. The quantitative estimate of drug-likeness (QED) is 0.766. The molecule has 0 bridgehead atoms. The first-order valence-electron chi connectivity index (χ1n) is 5.67. The van der Waals surface area contributed by atoms with Crippen molar-refractivity contribution in [1.82, 2.24) is 0 Å². The molecule has 0 saturated carbocycles. The van der Waals surface area contributed by atoms with E-state index in [4.69, 9.17) is 0 Å². The van der Waals surface area contributed by atoms with E-state index in [0.717, 1.165) is 6.07 Å². The SMILES string of the molecule is O=S1(=O)CCN2c3c(ccc(F)c3F)NCC2C1. The summed E-state index contributed by atoms with van der Waals surface area (Å²) in [5.74, 6) is -1.86. The van der Waals surface area contributed by atoms with Crippen LogP contribution in [0, 0.1) is 11.6 Å². The number of rotatable bonds is 0. The molecule has 1 atom stereocenters. The molecule has 4 nitrogen and oxygen atoms in total. The minimum atomic E-state index is -3.08. The van der Waals surface area contributed by atoms with Crippen molar-refractivity contribution >= 4 is 21.2 Å². The number of fused-ring (bicyclic) bond motifs is 3. The van der Waals surface area contributed by atoms with Crippen LogP contribution in [-0.4, -0.2) is 39.1 Å². The topological polar surface area (TPSA) is 49.4 Å². The van der Waals surface area contributed by atoms with Gasteiger partial charge in [-0.1, -0.05) is 0 Å². The molecule has 1 saturated heterocycles. The molecule has 2 aliphatic heterocycles. The van der Waals surface area contributed by atoms with Gasteiger partial charge in [0.15, 0.2) is 21.5 Å². The van der Waals surface area contributed by atoms with E-state index >= 15 is 0 Å². The van der Waals surface area contributed by atoms with Crippen LogP contribution in [0.2, 0.25) is 0 Å². The van der Waals surface area contributed by atoms with Gasteiger partial charge in [-0.15, -0.1) is 0 Å². The summed E-state index contributed by atoms with van der Waals surface area (Å²) in [6.07, 6.45) is 0.